The minimum absolute atomic E-state index is 0.438. The van der Waals surface area contributed by atoms with Crippen LogP contribution in [0.25, 0.3) is 0 Å². The number of hydrazine groups is 1. The Kier molecular flexibility index (Phi) is 3.87. The van der Waals surface area contributed by atoms with E-state index in [4.69, 9.17) is 10.6 Å². The third-order valence-corrected chi connectivity index (χ3v) is 4.70. The minimum Gasteiger partial charge on any atom is -0.378 e. The Morgan fingerprint density at radius 2 is 2.05 bits per heavy atom. The Hall–Kier alpha value is -1.24. The Balaban J connectivity index is 1.84. The van der Waals surface area contributed by atoms with Crippen LogP contribution in [0.3, 0.4) is 0 Å². The molecule has 0 aliphatic carbocycles. The monoisotopic (exact) mass is 277 g/mol. The molecule has 1 aromatic rings. The van der Waals surface area contributed by atoms with Gasteiger partial charge in [0.1, 0.15) is 11.6 Å². The number of piperidine rings is 1. The van der Waals surface area contributed by atoms with Gasteiger partial charge in [0.25, 0.3) is 0 Å². The van der Waals surface area contributed by atoms with Crippen molar-refractivity contribution in [2.75, 3.05) is 19.6 Å². The average Bonchev–Trinajstić information content (AvgIpc) is 2.68. The van der Waals surface area contributed by atoms with Crippen molar-refractivity contribution in [1.82, 2.24) is 14.9 Å². The molecule has 110 valence electrons. The van der Waals surface area contributed by atoms with Gasteiger partial charge >= 0.3 is 0 Å². The van der Waals surface area contributed by atoms with Crippen LogP contribution in [0, 0.1) is 0 Å². The van der Waals surface area contributed by atoms with E-state index >= 15 is 0 Å². The molecule has 0 spiro atoms. The molecule has 3 N–H and O–H groups in total. The maximum absolute atomic E-state index is 5.51. The number of anilines is 1. The lowest BCUT2D eigenvalue weighted by Gasteiger charge is -2.35. The van der Waals surface area contributed by atoms with E-state index in [-0.39, 0.29) is 0 Å². The quantitative estimate of drug-likeness (QED) is 0.637. The molecule has 2 saturated heterocycles. The van der Waals surface area contributed by atoms with E-state index in [0.717, 1.165) is 24.4 Å². The molecule has 0 radical (unpaired) electrons. The fraction of sp³-hybridized carbons (Fsp3) is 0.714. The van der Waals surface area contributed by atoms with Crippen LogP contribution in [0.2, 0.25) is 0 Å². The van der Waals surface area contributed by atoms with E-state index in [1.807, 2.05) is 6.07 Å². The summed E-state index contributed by atoms with van der Waals surface area (Å²) in [5.74, 6) is 7.54. The number of hydrogen-bond acceptors (Lipinski definition) is 6. The molecule has 3 rings (SSSR count). The Morgan fingerprint density at radius 1 is 1.35 bits per heavy atom. The van der Waals surface area contributed by atoms with Gasteiger partial charge in [-0.1, -0.05) is 0 Å². The van der Waals surface area contributed by atoms with Crippen LogP contribution in [0.5, 0.6) is 0 Å². The highest BCUT2D eigenvalue weighted by atomic mass is 16.5. The number of nitrogens with zero attached hydrogens (tertiary/aromatic N) is 3. The standard InChI is InChI=1S/C14H23N5O/c1-19-11-3-4-12(19)6-9(5-11)14-16-10(8-20-2)7-13(17-14)18-15/h7,9,11-12H,3-6,8,15H2,1-2H3,(H,16,17,18). The summed E-state index contributed by atoms with van der Waals surface area (Å²) in [6.07, 6.45) is 4.90. The zero-order valence-corrected chi connectivity index (χ0v) is 12.2. The molecule has 2 unspecified atom stereocenters. The van der Waals surface area contributed by atoms with Crippen molar-refractivity contribution in [3.8, 4) is 0 Å². The van der Waals surface area contributed by atoms with E-state index in [1.54, 1.807) is 7.11 Å². The van der Waals surface area contributed by atoms with Gasteiger partial charge < -0.3 is 15.1 Å². The average molecular weight is 277 g/mol. The molecule has 1 aromatic heterocycles. The van der Waals surface area contributed by atoms with Gasteiger partial charge in [0.2, 0.25) is 0 Å². The summed E-state index contributed by atoms with van der Waals surface area (Å²) in [6.45, 7) is 0.490. The normalized spacial score (nSPS) is 29.6. The highest BCUT2D eigenvalue weighted by molar-refractivity contribution is 5.35. The maximum atomic E-state index is 5.51. The second-order valence-electron chi connectivity index (χ2n) is 5.90. The largest absolute Gasteiger partial charge is 0.378 e. The van der Waals surface area contributed by atoms with Crippen molar-refractivity contribution < 1.29 is 4.74 Å². The first-order valence-corrected chi connectivity index (χ1v) is 7.26. The lowest BCUT2D eigenvalue weighted by atomic mass is 9.90. The lowest BCUT2D eigenvalue weighted by molar-refractivity contribution is 0.157. The van der Waals surface area contributed by atoms with Gasteiger partial charge in [-0.2, -0.15) is 0 Å². The zero-order chi connectivity index (χ0) is 14.1. The van der Waals surface area contributed by atoms with E-state index in [2.05, 4.69) is 27.3 Å². The molecule has 0 amide bonds. The molecule has 6 nitrogen and oxygen atoms in total. The summed E-state index contributed by atoms with van der Waals surface area (Å²) in [5, 5.41) is 0. The SMILES string of the molecule is COCc1cc(NN)nc(C2CC3CCC(C2)N3C)n1. The van der Waals surface area contributed by atoms with Crippen molar-refractivity contribution in [2.45, 2.75) is 50.3 Å². The highest BCUT2D eigenvalue weighted by Crippen LogP contribution is 2.41. The molecule has 2 atom stereocenters. The third kappa shape index (κ3) is 2.51. The number of nitrogen functional groups attached to an aromatic ring is 1. The molecular formula is C14H23N5O. The lowest BCUT2D eigenvalue weighted by Crippen LogP contribution is -2.39. The van der Waals surface area contributed by atoms with Crippen LogP contribution in [0.1, 0.15) is 43.1 Å². The molecule has 20 heavy (non-hydrogen) atoms. The van der Waals surface area contributed by atoms with E-state index in [0.29, 0.717) is 30.4 Å². The second-order valence-corrected chi connectivity index (χ2v) is 5.90. The predicted octanol–water partition coefficient (Wildman–Crippen LogP) is 1.25. The van der Waals surface area contributed by atoms with Gasteiger partial charge in [-0.05, 0) is 32.7 Å². The molecule has 2 fully saturated rings. The van der Waals surface area contributed by atoms with Crippen LogP contribution in [0.4, 0.5) is 5.82 Å². The Morgan fingerprint density at radius 3 is 2.65 bits per heavy atom. The highest BCUT2D eigenvalue weighted by Gasteiger charge is 2.39. The summed E-state index contributed by atoms with van der Waals surface area (Å²) < 4.78 is 5.17. The minimum atomic E-state index is 0.438. The van der Waals surface area contributed by atoms with E-state index < -0.39 is 0 Å². The van der Waals surface area contributed by atoms with Crippen LogP contribution in [-0.2, 0) is 11.3 Å². The first-order chi connectivity index (χ1) is 9.71. The second kappa shape index (κ2) is 5.63. The number of nitrogens with two attached hydrogens (primary N) is 1. The van der Waals surface area contributed by atoms with Crippen molar-refractivity contribution in [1.29, 1.82) is 0 Å². The van der Waals surface area contributed by atoms with Crippen molar-refractivity contribution in [3.63, 3.8) is 0 Å². The topological polar surface area (TPSA) is 76.3 Å². The fourth-order valence-corrected chi connectivity index (χ4v) is 3.62. The predicted molar refractivity (Wildman–Crippen MR) is 77.1 cm³/mol. The number of aromatic nitrogens is 2. The molecular weight excluding hydrogens is 254 g/mol. The summed E-state index contributed by atoms with van der Waals surface area (Å²) in [7, 11) is 3.92. The maximum Gasteiger partial charge on any atom is 0.144 e. The van der Waals surface area contributed by atoms with Gasteiger partial charge in [0, 0.05) is 31.2 Å². The summed E-state index contributed by atoms with van der Waals surface area (Å²) >= 11 is 0. The smallest absolute Gasteiger partial charge is 0.144 e. The van der Waals surface area contributed by atoms with Gasteiger partial charge in [-0.25, -0.2) is 15.8 Å². The van der Waals surface area contributed by atoms with Crippen molar-refractivity contribution in [3.05, 3.63) is 17.6 Å². The summed E-state index contributed by atoms with van der Waals surface area (Å²) in [5.41, 5.74) is 3.52. The number of fused-ring (bicyclic) bond motifs is 2. The molecule has 0 aromatic carbocycles. The molecule has 2 aliphatic heterocycles. The van der Waals surface area contributed by atoms with Crippen LogP contribution >= 0.6 is 0 Å². The third-order valence-electron chi connectivity index (χ3n) is 4.70. The number of nitrogens with one attached hydrogen (secondary N) is 1. The number of rotatable bonds is 4. The summed E-state index contributed by atoms with van der Waals surface area (Å²) in [6, 6.07) is 3.21. The van der Waals surface area contributed by atoms with Gasteiger partial charge in [0.15, 0.2) is 0 Å². The molecule has 3 heterocycles. The summed E-state index contributed by atoms with van der Waals surface area (Å²) in [4.78, 5) is 11.7. The van der Waals surface area contributed by atoms with Gasteiger partial charge in [-0.3, -0.25) is 0 Å². The number of hydrogen-bond donors (Lipinski definition) is 2. The number of ether oxygens (including phenoxy) is 1. The van der Waals surface area contributed by atoms with Crippen LogP contribution in [0.15, 0.2) is 6.07 Å². The van der Waals surface area contributed by atoms with Gasteiger partial charge in [-0.15, -0.1) is 0 Å². The Labute approximate surface area is 119 Å². The first-order valence-electron chi connectivity index (χ1n) is 7.26. The molecule has 2 bridgehead atoms. The van der Waals surface area contributed by atoms with Crippen molar-refractivity contribution >= 4 is 5.82 Å². The Bertz CT molecular complexity index is 467. The van der Waals surface area contributed by atoms with Crippen LogP contribution in [-0.4, -0.2) is 41.1 Å². The molecule has 6 heteroatoms. The zero-order valence-electron chi connectivity index (χ0n) is 12.2. The fourth-order valence-electron chi connectivity index (χ4n) is 3.62. The molecule has 2 aliphatic rings. The van der Waals surface area contributed by atoms with Crippen LogP contribution < -0.4 is 11.3 Å². The van der Waals surface area contributed by atoms with Gasteiger partial charge in [0.05, 0.1) is 12.3 Å². The molecule has 0 saturated carbocycles. The van der Waals surface area contributed by atoms with Crippen molar-refractivity contribution in [2.24, 2.45) is 5.84 Å². The van der Waals surface area contributed by atoms with E-state index in [1.165, 1.54) is 12.8 Å². The first kappa shape index (κ1) is 13.7. The van der Waals surface area contributed by atoms with E-state index in [9.17, 15) is 0 Å². The number of methoxy groups -OCH3 is 1.